The van der Waals surface area contributed by atoms with Gasteiger partial charge in [0.2, 0.25) is 0 Å². The van der Waals surface area contributed by atoms with E-state index in [-0.39, 0.29) is 35.9 Å². The standard InChI is InChI=1S/C21H28FN3O4.HI/c1-14(29-16-8-6-7-15(22)9-16)12-24-21(23-2)25-13-18-19(27-4)10-17(26-3)11-20(18)28-5;/h6-11,14H,12-13H2,1-5H3,(H2,23,24,25);1H. The molecule has 0 amide bonds. The fourth-order valence-corrected chi connectivity index (χ4v) is 2.70. The molecule has 9 heteroatoms. The molecule has 30 heavy (non-hydrogen) atoms. The second-order valence-corrected chi connectivity index (χ2v) is 6.20. The van der Waals surface area contributed by atoms with Crippen LogP contribution in [0.1, 0.15) is 12.5 Å². The van der Waals surface area contributed by atoms with Crippen molar-refractivity contribution in [2.45, 2.75) is 19.6 Å². The number of aliphatic imine (C=N–C) groups is 1. The Morgan fingerprint density at radius 3 is 2.20 bits per heavy atom. The van der Waals surface area contributed by atoms with Gasteiger partial charge in [-0.25, -0.2) is 4.39 Å². The Morgan fingerprint density at radius 1 is 1.00 bits per heavy atom. The fourth-order valence-electron chi connectivity index (χ4n) is 2.70. The molecule has 0 saturated heterocycles. The average Bonchev–Trinajstić information content (AvgIpc) is 2.73. The summed E-state index contributed by atoms with van der Waals surface area (Å²) in [5, 5.41) is 6.41. The molecule has 2 N–H and O–H groups in total. The first-order valence-corrected chi connectivity index (χ1v) is 9.16. The maximum absolute atomic E-state index is 13.3. The van der Waals surface area contributed by atoms with Crippen LogP contribution in [0.25, 0.3) is 0 Å². The van der Waals surface area contributed by atoms with Crippen molar-refractivity contribution in [3.05, 3.63) is 47.8 Å². The first-order chi connectivity index (χ1) is 14.0. The van der Waals surface area contributed by atoms with E-state index in [1.807, 2.05) is 6.92 Å². The molecule has 2 rings (SSSR count). The van der Waals surface area contributed by atoms with Gasteiger partial charge < -0.3 is 29.6 Å². The van der Waals surface area contributed by atoms with Crippen molar-refractivity contribution >= 4 is 29.9 Å². The Morgan fingerprint density at radius 2 is 1.67 bits per heavy atom. The van der Waals surface area contributed by atoms with Crippen LogP contribution >= 0.6 is 24.0 Å². The molecule has 1 atom stereocenters. The zero-order chi connectivity index (χ0) is 21.2. The number of nitrogens with zero attached hydrogens (tertiary/aromatic N) is 1. The highest BCUT2D eigenvalue weighted by atomic mass is 127. The number of methoxy groups -OCH3 is 3. The van der Waals surface area contributed by atoms with Gasteiger partial charge in [0.15, 0.2) is 5.96 Å². The number of nitrogens with one attached hydrogen (secondary N) is 2. The summed E-state index contributed by atoms with van der Waals surface area (Å²) in [5.74, 6) is 2.67. The summed E-state index contributed by atoms with van der Waals surface area (Å²) in [7, 11) is 6.45. The smallest absolute Gasteiger partial charge is 0.191 e. The Labute approximate surface area is 194 Å². The highest BCUT2D eigenvalue weighted by Gasteiger charge is 2.14. The van der Waals surface area contributed by atoms with Gasteiger partial charge in [-0.05, 0) is 19.1 Å². The van der Waals surface area contributed by atoms with Gasteiger partial charge in [0.05, 0.1) is 40.0 Å². The largest absolute Gasteiger partial charge is 0.496 e. The number of rotatable bonds is 9. The van der Waals surface area contributed by atoms with Gasteiger partial charge in [0, 0.05) is 25.2 Å². The summed E-state index contributed by atoms with van der Waals surface area (Å²) in [6, 6.07) is 9.65. The molecule has 0 aliphatic rings. The third-order valence-corrected chi connectivity index (χ3v) is 4.16. The van der Waals surface area contributed by atoms with Crippen LogP contribution in [0.2, 0.25) is 0 Å². The molecule has 0 aliphatic heterocycles. The number of guanidine groups is 1. The first kappa shape index (κ1) is 25.6. The quantitative estimate of drug-likeness (QED) is 0.292. The van der Waals surface area contributed by atoms with Crippen molar-refractivity contribution in [1.82, 2.24) is 10.6 Å². The lowest BCUT2D eigenvalue weighted by atomic mass is 10.1. The molecular weight excluding hydrogens is 504 g/mol. The van der Waals surface area contributed by atoms with E-state index in [9.17, 15) is 4.39 Å². The SMILES string of the molecule is CN=C(NCc1c(OC)cc(OC)cc1OC)NCC(C)Oc1cccc(F)c1.I. The van der Waals surface area contributed by atoms with Crippen molar-refractivity contribution in [3.63, 3.8) is 0 Å². The normalized spacial score (nSPS) is 11.7. The van der Waals surface area contributed by atoms with Crippen LogP contribution in [0.4, 0.5) is 4.39 Å². The number of benzene rings is 2. The summed E-state index contributed by atoms with van der Waals surface area (Å²) in [4.78, 5) is 4.21. The van der Waals surface area contributed by atoms with Crippen LogP contribution in [0, 0.1) is 5.82 Å². The molecule has 7 nitrogen and oxygen atoms in total. The lowest BCUT2D eigenvalue weighted by Crippen LogP contribution is -2.41. The minimum atomic E-state index is -0.331. The Balaban J connectivity index is 0.00000450. The van der Waals surface area contributed by atoms with Crippen molar-refractivity contribution < 1.29 is 23.3 Å². The molecule has 0 bridgehead atoms. The number of ether oxygens (including phenoxy) is 4. The van der Waals surface area contributed by atoms with Gasteiger partial charge >= 0.3 is 0 Å². The van der Waals surface area contributed by atoms with Crippen molar-refractivity contribution in [2.24, 2.45) is 4.99 Å². The third-order valence-electron chi connectivity index (χ3n) is 4.16. The highest BCUT2D eigenvalue weighted by molar-refractivity contribution is 14.0. The summed E-state index contributed by atoms with van der Waals surface area (Å²) in [5.41, 5.74) is 0.836. The molecule has 0 spiro atoms. The molecule has 1 unspecified atom stereocenters. The van der Waals surface area contributed by atoms with E-state index in [1.54, 1.807) is 52.6 Å². The van der Waals surface area contributed by atoms with E-state index in [0.717, 1.165) is 5.56 Å². The van der Waals surface area contributed by atoms with Crippen molar-refractivity contribution in [2.75, 3.05) is 34.9 Å². The van der Waals surface area contributed by atoms with Gasteiger partial charge in [0.25, 0.3) is 0 Å². The monoisotopic (exact) mass is 533 g/mol. The van der Waals surface area contributed by atoms with E-state index < -0.39 is 0 Å². The van der Waals surface area contributed by atoms with Crippen LogP contribution in [-0.4, -0.2) is 47.0 Å². The number of hydrogen-bond acceptors (Lipinski definition) is 5. The molecule has 2 aromatic rings. The first-order valence-electron chi connectivity index (χ1n) is 9.16. The molecular formula is C21H29FIN3O4. The molecule has 166 valence electrons. The molecule has 0 fully saturated rings. The zero-order valence-corrected chi connectivity index (χ0v) is 20.2. The summed E-state index contributed by atoms with van der Waals surface area (Å²) in [6.07, 6.45) is -0.194. The second kappa shape index (κ2) is 13.0. The van der Waals surface area contributed by atoms with Crippen LogP contribution < -0.4 is 29.6 Å². The molecule has 2 aromatic carbocycles. The van der Waals surface area contributed by atoms with Crippen LogP contribution in [0.3, 0.4) is 0 Å². The Kier molecular flexibility index (Phi) is 11.1. The zero-order valence-electron chi connectivity index (χ0n) is 17.8. The van der Waals surface area contributed by atoms with Gasteiger partial charge in [-0.3, -0.25) is 4.99 Å². The fraction of sp³-hybridized carbons (Fsp3) is 0.381. The Bertz CT molecular complexity index is 811. The minimum absolute atomic E-state index is 0. The molecule has 0 aliphatic carbocycles. The average molecular weight is 533 g/mol. The number of hydrogen-bond donors (Lipinski definition) is 2. The predicted octanol–water partition coefficient (Wildman–Crippen LogP) is 3.60. The van der Waals surface area contributed by atoms with E-state index in [2.05, 4.69) is 15.6 Å². The van der Waals surface area contributed by atoms with E-state index in [1.165, 1.54) is 12.1 Å². The van der Waals surface area contributed by atoms with Gasteiger partial charge in [-0.1, -0.05) is 6.07 Å². The van der Waals surface area contributed by atoms with E-state index >= 15 is 0 Å². The molecule has 0 aromatic heterocycles. The molecule has 0 saturated carbocycles. The van der Waals surface area contributed by atoms with Crippen LogP contribution in [-0.2, 0) is 6.54 Å². The van der Waals surface area contributed by atoms with Gasteiger partial charge in [0.1, 0.15) is 34.9 Å². The maximum Gasteiger partial charge on any atom is 0.191 e. The lowest BCUT2D eigenvalue weighted by Gasteiger charge is -2.19. The molecule has 0 heterocycles. The topological polar surface area (TPSA) is 73.3 Å². The summed E-state index contributed by atoms with van der Waals surface area (Å²) >= 11 is 0. The van der Waals surface area contributed by atoms with Crippen molar-refractivity contribution in [1.29, 1.82) is 0 Å². The second-order valence-electron chi connectivity index (χ2n) is 6.20. The third kappa shape index (κ3) is 7.43. The maximum atomic E-state index is 13.3. The van der Waals surface area contributed by atoms with E-state index in [0.29, 0.717) is 42.0 Å². The van der Waals surface area contributed by atoms with Gasteiger partial charge in [-0.15, -0.1) is 24.0 Å². The van der Waals surface area contributed by atoms with Crippen molar-refractivity contribution in [3.8, 4) is 23.0 Å². The summed E-state index contributed by atoms with van der Waals surface area (Å²) in [6.45, 7) is 2.79. The number of halogens is 2. The van der Waals surface area contributed by atoms with Crippen LogP contribution in [0.15, 0.2) is 41.4 Å². The lowest BCUT2D eigenvalue weighted by molar-refractivity contribution is 0.223. The predicted molar refractivity (Wildman–Crippen MR) is 126 cm³/mol. The summed E-state index contributed by atoms with van der Waals surface area (Å²) < 4.78 is 35.2. The minimum Gasteiger partial charge on any atom is -0.496 e. The van der Waals surface area contributed by atoms with E-state index in [4.69, 9.17) is 18.9 Å². The highest BCUT2D eigenvalue weighted by Crippen LogP contribution is 2.33. The van der Waals surface area contributed by atoms with Crippen LogP contribution in [0.5, 0.6) is 23.0 Å². The molecule has 0 radical (unpaired) electrons. The Hall–Kier alpha value is -2.43. The van der Waals surface area contributed by atoms with Gasteiger partial charge in [-0.2, -0.15) is 0 Å².